The van der Waals surface area contributed by atoms with Crippen LogP contribution in [-0.2, 0) is 4.79 Å². The van der Waals surface area contributed by atoms with Crippen molar-refractivity contribution in [3.8, 4) is 0 Å². The van der Waals surface area contributed by atoms with Gasteiger partial charge < -0.3 is 9.84 Å². The Bertz CT molecular complexity index is 743. The van der Waals surface area contributed by atoms with Gasteiger partial charge >= 0.3 is 0 Å². The average molecular weight is 280 g/mol. The fourth-order valence-corrected chi connectivity index (χ4v) is 3.40. The summed E-state index contributed by atoms with van der Waals surface area (Å²) in [6, 6.07) is 10.1. The van der Waals surface area contributed by atoms with Crippen LogP contribution >= 0.6 is 0 Å². The molecule has 4 heteroatoms. The molecule has 4 rings (SSSR count). The van der Waals surface area contributed by atoms with Crippen LogP contribution in [0.4, 0.5) is 5.88 Å². The predicted molar refractivity (Wildman–Crippen MR) is 79.0 cm³/mol. The Labute approximate surface area is 122 Å². The first-order valence-corrected chi connectivity index (χ1v) is 7.30. The molecule has 0 saturated heterocycles. The Kier molecular flexibility index (Phi) is 2.70. The second-order valence-corrected chi connectivity index (χ2v) is 5.65. The number of benzene rings is 1. The summed E-state index contributed by atoms with van der Waals surface area (Å²) in [5.74, 6) is 0.871. The molecule has 106 valence electrons. The van der Waals surface area contributed by atoms with Gasteiger partial charge in [0.1, 0.15) is 0 Å². The minimum absolute atomic E-state index is 0.0588. The van der Waals surface area contributed by atoms with E-state index in [0.29, 0.717) is 12.3 Å². The largest absolute Gasteiger partial charge is 0.338 e. The van der Waals surface area contributed by atoms with Crippen molar-refractivity contribution in [3.05, 3.63) is 58.4 Å². The van der Waals surface area contributed by atoms with Gasteiger partial charge in [-0.05, 0) is 25.3 Å². The van der Waals surface area contributed by atoms with Gasteiger partial charge in [0.25, 0.3) is 0 Å². The number of fused-ring (bicyclic) bond motifs is 1. The smallest absolute Gasteiger partial charge is 0.233 e. The van der Waals surface area contributed by atoms with E-state index < -0.39 is 0 Å². The quantitative estimate of drug-likeness (QED) is 0.868. The Morgan fingerprint density at radius 3 is 2.86 bits per heavy atom. The van der Waals surface area contributed by atoms with E-state index in [1.54, 1.807) is 0 Å². The first-order valence-electron chi connectivity index (χ1n) is 7.30. The third-order valence-corrected chi connectivity index (χ3v) is 4.34. The zero-order valence-corrected chi connectivity index (χ0v) is 11.8. The molecular weight excluding hydrogens is 264 g/mol. The third-order valence-electron chi connectivity index (χ3n) is 4.34. The summed E-state index contributed by atoms with van der Waals surface area (Å²) in [4.78, 5) is 12.5. The van der Waals surface area contributed by atoms with E-state index in [2.05, 4.69) is 22.6 Å². The summed E-state index contributed by atoms with van der Waals surface area (Å²) >= 11 is 0. The number of ketones is 1. The van der Waals surface area contributed by atoms with Crippen molar-refractivity contribution in [1.29, 1.82) is 0 Å². The lowest BCUT2D eigenvalue weighted by molar-refractivity contribution is -0.116. The molecule has 1 aromatic heterocycles. The van der Waals surface area contributed by atoms with Gasteiger partial charge in [0.15, 0.2) is 5.78 Å². The lowest BCUT2D eigenvalue weighted by Gasteiger charge is -2.31. The number of anilines is 1. The maximum Gasteiger partial charge on any atom is 0.233 e. The normalized spacial score (nSPS) is 20.8. The molecule has 0 saturated carbocycles. The summed E-state index contributed by atoms with van der Waals surface area (Å²) < 4.78 is 5.42. The standard InChI is InChI=1S/C17H16N2O2/c1-10-14-15(11-6-3-2-4-7-11)16-12(8-5-9-13(16)20)18-17(14)21-19-10/h2-4,6-7,15,18H,5,8-9H2,1H3. The number of carbonyl (C=O) groups is 1. The minimum atomic E-state index is -0.0588. The summed E-state index contributed by atoms with van der Waals surface area (Å²) in [5, 5.41) is 7.36. The third kappa shape index (κ3) is 1.82. The van der Waals surface area contributed by atoms with Crippen LogP contribution in [0.25, 0.3) is 0 Å². The number of Topliss-reactive ketones (excluding diaryl/α,β-unsaturated/α-hetero) is 1. The van der Waals surface area contributed by atoms with E-state index >= 15 is 0 Å². The van der Waals surface area contributed by atoms with Crippen LogP contribution in [0.2, 0.25) is 0 Å². The Morgan fingerprint density at radius 1 is 1.24 bits per heavy atom. The van der Waals surface area contributed by atoms with E-state index in [0.717, 1.165) is 40.9 Å². The van der Waals surface area contributed by atoms with Crippen molar-refractivity contribution in [3.63, 3.8) is 0 Å². The molecule has 2 heterocycles. The molecule has 1 atom stereocenters. The SMILES string of the molecule is Cc1noc2c1C(c1ccccc1)C1=C(CCCC1=O)N2. The Hall–Kier alpha value is -2.36. The van der Waals surface area contributed by atoms with Gasteiger partial charge in [-0.3, -0.25) is 4.79 Å². The van der Waals surface area contributed by atoms with Gasteiger partial charge in [0.2, 0.25) is 5.88 Å². The van der Waals surface area contributed by atoms with Crippen LogP contribution in [0.3, 0.4) is 0 Å². The van der Waals surface area contributed by atoms with Crippen molar-refractivity contribution in [1.82, 2.24) is 5.16 Å². The van der Waals surface area contributed by atoms with Crippen molar-refractivity contribution >= 4 is 11.7 Å². The van der Waals surface area contributed by atoms with Crippen LogP contribution < -0.4 is 5.32 Å². The van der Waals surface area contributed by atoms with Gasteiger partial charge in [-0.25, -0.2) is 0 Å². The topological polar surface area (TPSA) is 55.1 Å². The van der Waals surface area contributed by atoms with Crippen LogP contribution in [0.15, 0.2) is 46.1 Å². The van der Waals surface area contributed by atoms with Gasteiger partial charge in [-0.1, -0.05) is 35.5 Å². The summed E-state index contributed by atoms with van der Waals surface area (Å²) in [7, 11) is 0. The molecule has 0 bridgehead atoms. The Morgan fingerprint density at radius 2 is 2.05 bits per heavy atom. The molecule has 21 heavy (non-hydrogen) atoms. The average Bonchev–Trinajstić information content (AvgIpc) is 2.88. The number of nitrogens with zero attached hydrogens (tertiary/aromatic N) is 1. The highest BCUT2D eigenvalue weighted by Gasteiger charge is 2.38. The first kappa shape index (κ1) is 12.4. The molecule has 0 fully saturated rings. The minimum Gasteiger partial charge on any atom is -0.338 e. The van der Waals surface area contributed by atoms with Crippen LogP contribution in [0.5, 0.6) is 0 Å². The number of hydrogen-bond acceptors (Lipinski definition) is 4. The maximum atomic E-state index is 12.5. The fourth-order valence-electron chi connectivity index (χ4n) is 3.40. The molecule has 1 N–H and O–H groups in total. The van der Waals surface area contributed by atoms with E-state index in [4.69, 9.17) is 4.52 Å². The molecule has 4 nitrogen and oxygen atoms in total. The fraction of sp³-hybridized carbons (Fsp3) is 0.294. The van der Waals surface area contributed by atoms with Gasteiger partial charge in [-0.2, -0.15) is 0 Å². The molecule has 0 radical (unpaired) electrons. The second-order valence-electron chi connectivity index (χ2n) is 5.65. The van der Waals surface area contributed by atoms with Crippen molar-refractivity contribution in [2.75, 3.05) is 5.32 Å². The number of rotatable bonds is 1. The molecule has 1 unspecified atom stereocenters. The van der Waals surface area contributed by atoms with E-state index in [1.165, 1.54) is 0 Å². The number of nitrogens with one attached hydrogen (secondary N) is 1. The number of carbonyl (C=O) groups excluding carboxylic acids is 1. The van der Waals surface area contributed by atoms with E-state index in [9.17, 15) is 4.79 Å². The number of aromatic nitrogens is 1. The number of allylic oxidation sites excluding steroid dienone is 2. The molecule has 0 amide bonds. The van der Waals surface area contributed by atoms with Crippen LogP contribution in [0, 0.1) is 6.92 Å². The Balaban J connectivity index is 1.96. The first-order chi connectivity index (χ1) is 10.3. The maximum absolute atomic E-state index is 12.5. The monoisotopic (exact) mass is 280 g/mol. The summed E-state index contributed by atoms with van der Waals surface area (Å²) in [6.07, 6.45) is 2.42. The molecular formula is C17H16N2O2. The summed E-state index contributed by atoms with van der Waals surface area (Å²) in [6.45, 7) is 1.93. The zero-order valence-electron chi connectivity index (χ0n) is 11.8. The molecule has 0 spiro atoms. The highest BCUT2D eigenvalue weighted by molar-refractivity contribution is 6.00. The molecule has 2 aromatic rings. The van der Waals surface area contributed by atoms with Gasteiger partial charge in [0, 0.05) is 23.6 Å². The van der Waals surface area contributed by atoms with Crippen LogP contribution in [0.1, 0.15) is 42.0 Å². The second kappa shape index (κ2) is 4.58. The summed E-state index contributed by atoms with van der Waals surface area (Å²) in [5.41, 5.74) is 4.86. The molecule has 1 aromatic carbocycles. The van der Waals surface area contributed by atoms with Gasteiger partial charge in [-0.15, -0.1) is 0 Å². The highest BCUT2D eigenvalue weighted by Crippen LogP contribution is 2.46. The zero-order chi connectivity index (χ0) is 14.4. The van der Waals surface area contributed by atoms with Crippen LogP contribution in [-0.4, -0.2) is 10.9 Å². The molecule has 2 aliphatic rings. The molecule has 1 aliphatic heterocycles. The van der Waals surface area contributed by atoms with E-state index in [1.807, 2.05) is 25.1 Å². The highest BCUT2D eigenvalue weighted by atomic mass is 16.5. The number of hydrogen-bond donors (Lipinski definition) is 1. The van der Waals surface area contributed by atoms with Crippen molar-refractivity contribution in [2.24, 2.45) is 0 Å². The van der Waals surface area contributed by atoms with Gasteiger partial charge in [0.05, 0.1) is 11.3 Å². The van der Waals surface area contributed by atoms with E-state index in [-0.39, 0.29) is 11.7 Å². The predicted octanol–water partition coefficient (Wildman–Crippen LogP) is 3.55. The van der Waals surface area contributed by atoms with Crippen molar-refractivity contribution in [2.45, 2.75) is 32.1 Å². The van der Waals surface area contributed by atoms with Crippen molar-refractivity contribution < 1.29 is 9.32 Å². The lowest BCUT2D eigenvalue weighted by Crippen LogP contribution is -2.26. The lowest BCUT2D eigenvalue weighted by atomic mass is 9.76. The number of aryl methyl sites for hydroxylation is 1. The molecule has 1 aliphatic carbocycles.